The molecule has 1 aliphatic rings. The maximum absolute atomic E-state index is 5.72. The van der Waals surface area contributed by atoms with Crippen molar-refractivity contribution in [1.82, 2.24) is 10.6 Å². The van der Waals surface area contributed by atoms with Gasteiger partial charge in [-0.2, -0.15) is 0 Å². The van der Waals surface area contributed by atoms with Crippen molar-refractivity contribution in [2.75, 3.05) is 40.0 Å². The third-order valence-electron chi connectivity index (χ3n) is 3.81. The summed E-state index contributed by atoms with van der Waals surface area (Å²) in [5.74, 6) is 1.67. The number of para-hydroxylation sites is 1. The minimum atomic E-state index is 0.266. The van der Waals surface area contributed by atoms with E-state index in [0.29, 0.717) is 26.3 Å². The van der Waals surface area contributed by atoms with Gasteiger partial charge < -0.3 is 24.8 Å². The first-order chi connectivity index (χ1) is 11.8. The summed E-state index contributed by atoms with van der Waals surface area (Å²) >= 11 is 0. The summed E-state index contributed by atoms with van der Waals surface area (Å²) in [6.07, 6.45) is 2.51. The van der Waals surface area contributed by atoms with Crippen molar-refractivity contribution in [2.45, 2.75) is 32.5 Å². The van der Waals surface area contributed by atoms with Crippen LogP contribution in [0, 0.1) is 0 Å². The Labute approximate surface area is 144 Å². The highest BCUT2D eigenvalue weighted by atomic mass is 16.5. The largest absolute Gasteiger partial charge is 0.496 e. The zero-order valence-electron chi connectivity index (χ0n) is 14.7. The van der Waals surface area contributed by atoms with E-state index >= 15 is 0 Å². The van der Waals surface area contributed by atoms with Crippen molar-refractivity contribution in [3.05, 3.63) is 29.8 Å². The van der Waals surface area contributed by atoms with E-state index in [1.807, 2.05) is 24.3 Å². The lowest BCUT2D eigenvalue weighted by Crippen LogP contribution is -2.39. The van der Waals surface area contributed by atoms with Gasteiger partial charge >= 0.3 is 0 Å². The summed E-state index contributed by atoms with van der Waals surface area (Å²) in [5.41, 5.74) is 1.05. The summed E-state index contributed by atoms with van der Waals surface area (Å²) in [6.45, 7) is 6.30. The maximum Gasteiger partial charge on any atom is 0.191 e. The second-order valence-electron chi connectivity index (χ2n) is 5.65. The predicted molar refractivity (Wildman–Crippen MR) is 95.6 cm³/mol. The van der Waals surface area contributed by atoms with Gasteiger partial charge in [-0.25, -0.2) is 0 Å². The van der Waals surface area contributed by atoms with Gasteiger partial charge in [0.2, 0.25) is 0 Å². The molecule has 0 aromatic heterocycles. The van der Waals surface area contributed by atoms with Crippen molar-refractivity contribution in [3.8, 4) is 5.75 Å². The molecule has 0 spiro atoms. The molecule has 0 bridgehead atoms. The lowest BCUT2D eigenvalue weighted by molar-refractivity contribution is 0.117. The van der Waals surface area contributed by atoms with E-state index in [1.165, 1.54) is 0 Å². The zero-order valence-corrected chi connectivity index (χ0v) is 14.7. The van der Waals surface area contributed by atoms with Crippen LogP contribution in [0.1, 0.15) is 25.3 Å². The number of guanidine groups is 1. The molecule has 134 valence electrons. The standard InChI is InChI=1S/C18H29N3O3/c1-3-19-18(21-13-16-8-6-11-24-16)20-10-12-23-14-15-7-4-5-9-17(15)22-2/h4-5,7,9,16H,3,6,8,10-14H2,1-2H3,(H2,19,20,21). The molecule has 0 saturated carbocycles. The molecule has 1 unspecified atom stereocenters. The smallest absolute Gasteiger partial charge is 0.191 e. The Balaban J connectivity index is 1.67. The summed E-state index contributed by atoms with van der Waals surface area (Å²) in [6, 6.07) is 7.90. The fourth-order valence-electron chi connectivity index (χ4n) is 2.57. The highest BCUT2D eigenvalue weighted by Gasteiger charge is 2.14. The van der Waals surface area contributed by atoms with Gasteiger partial charge in [0.25, 0.3) is 0 Å². The van der Waals surface area contributed by atoms with Crippen LogP contribution in [0.5, 0.6) is 5.75 Å². The van der Waals surface area contributed by atoms with Crippen LogP contribution in [-0.2, 0) is 16.1 Å². The SMILES string of the molecule is CCNC(=NCC1CCCO1)NCCOCc1ccccc1OC. The molecule has 1 aromatic rings. The molecule has 24 heavy (non-hydrogen) atoms. The Morgan fingerprint density at radius 1 is 1.33 bits per heavy atom. The summed E-state index contributed by atoms with van der Waals surface area (Å²) in [5, 5.41) is 6.53. The summed E-state index contributed by atoms with van der Waals surface area (Å²) in [7, 11) is 1.67. The van der Waals surface area contributed by atoms with Crippen LogP contribution in [0.25, 0.3) is 0 Å². The van der Waals surface area contributed by atoms with Crippen molar-refractivity contribution < 1.29 is 14.2 Å². The van der Waals surface area contributed by atoms with E-state index < -0.39 is 0 Å². The van der Waals surface area contributed by atoms with E-state index in [1.54, 1.807) is 7.11 Å². The first kappa shape index (κ1) is 18.5. The molecule has 1 aromatic carbocycles. The number of hydrogen-bond donors (Lipinski definition) is 2. The Bertz CT molecular complexity index is 502. The fraction of sp³-hybridized carbons (Fsp3) is 0.611. The monoisotopic (exact) mass is 335 g/mol. The second kappa shape index (κ2) is 10.9. The van der Waals surface area contributed by atoms with Crippen LogP contribution in [-0.4, -0.2) is 52.0 Å². The van der Waals surface area contributed by atoms with Crippen molar-refractivity contribution >= 4 is 5.96 Å². The first-order valence-electron chi connectivity index (χ1n) is 8.67. The Morgan fingerprint density at radius 2 is 2.21 bits per heavy atom. The van der Waals surface area contributed by atoms with E-state index in [4.69, 9.17) is 14.2 Å². The molecular formula is C18H29N3O3. The van der Waals surface area contributed by atoms with Crippen LogP contribution >= 0.6 is 0 Å². The number of nitrogens with zero attached hydrogens (tertiary/aromatic N) is 1. The molecule has 0 amide bonds. The van der Waals surface area contributed by atoms with Crippen molar-refractivity contribution in [3.63, 3.8) is 0 Å². The van der Waals surface area contributed by atoms with Crippen LogP contribution in [0.4, 0.5) is 0 Å². The number of rotatable bonds is 9. The second-order valence-corrected chi connectivity index (χ2v) is 5.65. The summed E-state index contributed by atoms with van der Waals surface area (Å²) < 4.78 is 16.6. The van der Waals surface area contributed by atoms with E-state index in [2.05, 4.69) is 22.5 Å². The molecule has 6 nitrogen and oxygen atoms in total. The fourth-order valence-corrected chi connectivity index (χ4v) is 2.57. The predicted octanol–water partition coefficient (Wildman–Crippen LogP) is 1.95. The Kier molecular flexibility index (Phi) is 8.41. The van der Waals surface area contributed by atoms with Crippen LogP contribution in [0.15, 0.2) is 29.3 Å². The summed E-state index contributed by atoms with van der Waals surface area (Å²) in [4.78, 5) is 4.57. The van der Waals surface area contributed by atoms with Gasteiger partial charge in [0.1, 0.15) is 5.75 Å². The van der Waals surface area contributed by atoms with Crippen LogP contribution < -0.4 is 15.4 Å². The molecule has 2 N–H and O–H groups in total. The number of aliphatic imine (C=N–C) groups is 1. The zero-order chi connectivity index (χ0) is 17.0. The van der Waals surface area contributed by atoms with Gasteiger partial charge in [-0.1, -0.05) is 18.2 Å². The lowest BCUT2D eigenvalue weighted by atomic mass is 10.2. The molecule has 1 heterocycles. The minimum Gasteiger partial charge on any atom is -0.496 e. The normalized spacial score (nSPS) is 17.8. The number of benzene rings is 1. The Hall–Kier alpha value is -1.79. The molecule has 0 radical (unpaired) electrons. The third kappa shape index (κ3) is 6.37. The van der Waals surface area contributed by atoms with Gasteiger partial charge in [0.15, 0.2) is 5.96 Å². The van der Waals surface area contributed by atoms with Gasteiger partial charge in [0.05, 0.1) is 33.0 Å². The van der Waals surface area contributed by atoms with Gasteiger partial charge in [0, 0.05) is 25.3 Å². The molecule has 6 heteroatoms. The first-order valence-corrected chi connectivity index (χ1v) is 8.67. The van der Waals surface area contributed by atoms with E-state index in [9.17, 15) is 0 Å². The number of methoxy groups -OCH3 is 1. The van der Waals surface area contributed by atoms with E-state index in [-0.39, 0.29) is 6.10 Å². The topological polar surface area (TPSA) is 64.1 Å². The lowest BCUT2D eigenvalue weighted by Gasteiger charge is -2.13. The number of nitrogens with one attached hydrogen (secondary N) is 2. The number of hydrogen-bond acceptors (Lipinski definition) is 4. The third-order valence-corrected chi connectivity index (χ3v) is 3.81. The molecule has 2 rings (SSSR count). The average molecular weight is 335 g/mol. The van der Waals surface area contributed by atoms with Crippen LogP contribution in [0.2, 0.25) is 0 Å². The molecule has 1 saturated heterocycles. The molecule has 1 atom stereocenters. The van der Waals surface area contributed by atoms with Crippen LogP contribution in [0.3, 0.4) is 0 Å². The molecular weight excluding hydrogens is 306 g/mol. The highest BCUT2D eigenvalue weighted by Crippen LogP contribution is 2.17. The Morgan fingerprint density at radius 3 is 2.96 bits per heavy atom. The average Bonchev–Trinajstić information content (AvgIpc) is 3.13. The minimum absolute atomic E-state index is 0.266. The van der Waals surface area contributed by atoms with Gasteiger partial charge in [-0.3, -0.25) is 4.99 Å². The number of ether oxygens (including phenoxy) is 3. The highest BCUT2D eigenvalue weighted by molar-refractivity contribution is 5.79. The van der Waals surface area contributed by atoms with Crippen molar-refractivity contribution in [2.24, 2.45) is 4.99 Å². The van der Waals surface area contributed by atoms with Gasteiger partial charge in [-0.05, 0) is 25.8 Å². The maximum atomic E-state index is 5.72. The molecule has 1 aliphatic heterocycles. The molecule has 0 aliphatic carbocycles. The molecule has 1 fully saturated rings. The quantitative estimate of drug-likeness (QED) is 0.410. The van der Waals surface area contributed by atoms with E-state index in [0.717, 1.165) is 43.3 Å². The van der Waals surface area contributed by atoms with Crippen molar-refractivity contribution in [1.29, 1.82) is 0 Å². The van der Waals surface area contributed by atoms with Gasteiger partial charge in [-0.15, -0.1) is 0 Å².